The molecular weight excluding hydrogens is 1030 g/mol. The first kappa shape index (κ1) is 44.2. The van der Waals surface area contributed by atoms with Crippen molar-refractivity contribution < 1.29 is 0 Å². The number of halogens is 1. The molecule has 0 saturated heterocycles. The van der Waals surface area contributed by atoms with Crippen LogP contribution in [0, 0.1) is 0 Å². The van der Waals surface area contributed by atoms with E-state index in [2.05, 4.69) is 236 Å². The van der Waals surface area contributed by atoms with E-state index >= 15 is 0 Å². The molecule has 0 radical (unpaired) electrons. The number of benzene rings is 10. The van der Waals surface area contributed by atoms with Crippen LogP contribution in [-0.4, -0.2) is 23.7 Å². The highest BCUT2D eigenvalue weighted by Gasteiger charge is 2.23. The van der Waals surface area contributed by atoms with E-state index in [9.17, 15) is 0 Å². The van der Waals surface area contributed by atoms with Gasteiger partial charge in [-0.2, -0.15) is 0 Å². The van der Waals surface area contributed by atoms with Gasteiger partial charge in [0.15, 0.2) is 0 Å². The largest absolute Gasteiger partial charge is 0.309 e. The van der Waals surface area contributed by atoms with Crippen molar-refractivity contribution in [2.75, 3.05) is 0 Å². The van der Waals surface area contributed by atoms with Gasteiger partial charge in [0.2, 0.25) is 0 Å². The van der Waals surface area contributed by atoms with Gasteiger partial charge in [0.25, 0.3) is 0 Å². The van der Waals surface area contributed by atoms with Crippen LogP contribution in [0.5, 0.6) is 0 Å². The molecule has 0 bridgehead atoms. The van der Waals surface area contributed by atoms with E-state index in [4.69, 9.17) is 9.97 Å². The Morgan fingerprint density at radius 1 is 0.361 bits per heavy atom. The number of aromatic nitrogens is 5. The molecule has 0 N–H and O–H groups in total. The summed E-state index contributed by atoms with van der Waals surface area (Å²) < 4.78 is 9.80. The normalized spacial score (nSPS) is 11.6. The highest BCUT2D eigenvalue weighted by atomic mass is 127. The fourth-order valence-electron chi connectivity index (χ4n) is 11.3. The average molecular weight is 1070 g/mol. The molecule has 72 heavy (non-hydrogen) atoms. The summed E-state index contributed by atoms with van der Waals surface area (Å²) in [6.45, 7) is 4.00. The van der Waals surface area contributed by atoms with Crippen molar-refractivity contribution >= 4 is 139 Å². The predicted molar refractivity (Wildman–Crippen MR) is 321 cm³/mol. The van der Waals surface area contributed by atoms with Gasteiger partial charge in [0.1, 0.15) is 0 Å². The summed E-state index contributed by atoms with van der Waals surface area (Å²) in [6, 6.07) is 77.7. The minimum absolute atomic E-state index is 0.847. The maximum Gasteiger partial charge on any atom is 0.0966 e. The number of fused-ring (bicyclic) bond motifs is 13. The number of para-hydroxylation sites is 7. The lowest BCUT2D eigenvalue weighted by Crippen LogP contribution is -1.98. The molecule has 5 nitrogen and oxygen atoms in total. The van der Waals surface area contributed by atoms with Crippen LogP contribution in [0.4, 0.5) is 0 Å². The smallest absolute Gasteiger partial charge is 0.0966 e. The zero-order valence-electron chi connectivity index (χ0n) is 39.3. The lowest BCUT2D eigenvalue weighted by molar-refractivity contribution is 1.17. The first-order valence-corrected chi connectivity index (χ1v) is 28.3. The Hall–Kier alpha value is -7.76. The molecule has 5 aromatic heterocycles. The minimum Gasteiger partial charge on any atom is -0.309 e. The molecular formula is C64H44IN5S2. The van der Waals surface area contributed by atoms with Crippen molar-refractivity contribution in [3.63, 3.8) is 0 Å². The molecule has 0 amide bonds. The molecule has 8 heteroatoms. The predicted octanol–water partition coefficient (Wildman–Crippen LogP) is 18.9. The Labute approximate surface area is 437 Å². The Balaban J connectivity index is 0.00000123. The zero-order valence-corrected chi connectivity index (χ0v) is 43.2. The van der Waals surface area contributed by atoms with Crippen molar-refractivity contribution in [3.05, 3.63) is 225 Å². The third kappa shape index (κ3) is 6.73. The monoisotopic (exact) mass is 1070 g/mol. The van der Waals surface area contributed by atoms with E-state index in [1.54, 1.807) is 6.20 Å². The number of rotatable bonds is 5. The molecule has 0 unspecified atom stereocenters. The summed E-state index contributed by atoms with van der Waals surface area (Å²) in [6.07, 6.45) is 3.62. The Morgan fingerprint density at radius 2 is 0.792 bits per heavy atom. The minimum atomic E-state index is 0.847. The quantitative estimate of drug-likeness (QED) is 0.138. The van der Waals surface area contributed by atoms with Gasteiger partial charge in [-0.1, -0.05) is 159 Å². The Morgan fingerprint density at radius 3 is 1.33 bits per heavy atom. The Bertz CT molecular complexity index is 4440. The molecule has 0 aliphatic heterocycles. The van der Waals surface area contributed by atoms with Crippen molar-refractivity contribution in [1.82, 2.24) is 23.7 Å². The van der Waals surface area contributed by atoms with Gasteiger partial charge in [-0.05, 0) is 93.5 Å². The van der Waals surface area contributed by atoms with Crippen LogP contribution in [0.15, 0.2) is 225 Å². The van der Waals surface area contributed by atoms with Crippen LogP contribution in [0.2, 0.25) is 0 Å². The van der Waals surface area contributed by atoms with Crippen LogP contribution < -0.4 is 0 Å². The Kier molecular flexibility index (Phi) is 11.1. The van der Waals surface area contributed by atoms with Gasteiger partial charge in [0.05, 0.1) is 60.2 Å². The maximum absolute atomic E-state index is 5.08. The summed E-state index contributed by atoms with van der Waals surface area (Å²) >= 11 is 3.73. The topological polar surface area (TPSA) is 40.6 Å². The highest BCUT2D eigenvalue weighted by molar-refractivity contribution is 14.2. The molecule has 0 aliphatic carbocycles. The number of hydrogen-bond acceptors (Lipinski definition) is 4. The summed E-state index contributed by atoms with van der Waals surface area (Å²) in [5, 5.41) is 9.83. The fraction of sp³-hybridized carbons (Fsp3) is 0.0312. The second kappa shape index (κ2) is 18.1. The summed E-state index contributed by atoms with van der Waals surface area (Å²) in [7, 11) is 3.50. The first-order chi connectivity index (χ1) is 35.8. The van der Waals surface area contributed by atoms with Crippen LogP contribution in [0.25, 0.3) is 136 Å². The van der Waals surface area contributed by atoms with Gasteiger partial charge in [-0.3, -0.25) is 9.97 Å². The SMILES string of the molecule is CC.SI.c1ccc(-n2c3ccccc3c3ccccc32)c(-c2cccc3c2sc2c(-n4c5ccccc5c5ccccc54)cc(-c4cc(-n5c6ccccc6c6ccccc65)cc5nccnc45)cc23)c1. The third-order valence-corrected chi connectivity index (χ3v) is 15.4. The molecule has 10 aromatic carbocycles. The van der Waals surface area contributed by atoms with Gasteiger partial charge in [-0.25, -0.2) is 0 Å². The third-order valence-electron chi connectivity index (χ3n) is 14.1. The van der Waals surface area contributed by atoms with Crippen LogP contribution >= 0.6 is 42.3 Å². The first-order valence-electron chi connectivity index (χ1n) is 24.2. The van der Waals surface area contributed by atoms with Gasteiger partial charge in [-0.15, -0.1) is 21.1 Å². The molecule has 15 rings (SSSR count). The van der Waals surface area contributed by atoms with E-state index in [0.29, 0.717) is 0 Å². The molecule has 15 aromatic rings. The van der Waals surface area contributed by atoms with Gasteiger partial charge < -0.3 is 13.7 Å². The van der Waals surface area contributed by atoms with E-state index in [1.807, 2.05) is 52.6 Å². The highest BCUT2D eigenvalue weighted by Crippen LogP contribution is 2.48. The number of thiol groups is 1. The van der Waals surface area contributed by atoms with Crippen molar-refractivity contribution in [2.24, 2.45) is 0 Å². The maximum atomic E-state index is 5.08. The van der Waals surface area contributed by atoms with Crippen molar-refractivity contribution in [2.45, 2.75) is 13.8 Å². The van der Waals surface area contributed by atoms with E-state index < -0.39 is 0 Å². The molecule has 0 atom stereocenters. The molecule has 0 fully saturated rings. The summed E-state index contributed by atoms with van der Waals surface area (Å²) in [5.41, 5.74) is 16.6. The summed E-state index contributed by atoms with van der Waals surface area (Å²) in [5.74, 6) is 0. The number of hydrogen-bond donors (Lipinski definition) is 1. The zero-order chi connectivity index (χ0) is 48.5. The second-order valence-corrected chi connectivity index (χ2v) is 18.7. The van der Waals surface area contributed by atoms with Crippen molar-refractivity contribution in [3.8, 4) is 39.3 Å². The average Bonchev–Trinajstić information content (AvgIpc) is 4.20. The number of nitrogens with zero attached hydrogens (tertiary/aromatic N) is 5. The standard InChI is InChI=1S/C62H37N5S.C2H6.HIS/c1-8-25-52-40(16-1)41-17-2-9-26-53(41)65(52)39-36-49(60-51(37-39)63-32-33-64-60)38-34-50-48-24-15-23-47(46-22-7-14-31-58(46)66-54-27-10-3-18-42(54)43-19-4-11-28-55(43)66)61(48)68-62(50)59(35-38)67-56-29-12-5-20-44(56)45-21-6-13-30-57(45)67;2*1-2/h1-37H;1-2H3;2H. The lowest BCUT2D eigenvalue weighted by Gasteiger charge is -2.15. The van der Waals surface area contributed by atoms with E-state index in [-0.39, 0.29) is 0 Å². The van der Waals surface area contributed by atoms with Gasteiger partial charge >= 0.3 is 0 Å². The molecule has 344 valence electrons. The van der Waals surface area contributed by atoms with E-state index in [1.165, 1.54) is 85.7 Å². The van der Waals surface area contributed by atoms with Gasteiger partial charge in [0, 0.05) is 82.6 Å². The second-order valence-electron chi connectivity index (χ2n) is 17.7. The number of thiophene rings is 1. The molecule has 0 spiro atoms. The molecule has 5 heterocycles. The summed E-state index contributed by atoms with van der Waals surface area (Å²) in [4.78, 5) is 10.1. The fourth-order valence-corrected chi connectivity index (χ4v) is 12.6. The van der Waals surface area contributed by atoms with E-state index in [0.717, 1.165) is 50.3 Å². The molecule has 0 saturated carbocycles. The molecule has 0 aliphatic rings. The van der Waals surface area contributed by atoms with Crippen molar-refractivity contribution in [1.29, 1.82) is 0 Å². The van der Waals surface area contributed by atoms with Crippen LogP contribution in [0.1, 0.15) is 13.8 Å². The van der Waals surface area contributed by atoms with Crippen LogP contribution in [0.3, 0.4) is 0 Å². The van der Waals surface area contributed by atoms with Crippen LogP contribution in [-0.2, 0) is 0 Å². The lowest BCUT2D eigenvalue weighted by atomic mass is 9.97.